The zero-order chi connectivity index (χ0) is 18.0. The Labute approximate surface area is 145 Å². The molecule has 0 saturated heterocycles. The van der Waals surface area contributed by atoms with Crippen LogP contribution < -0.4 is 0 Å². The van der Waals surface area contributed by atoms with Crippen LogP contribution in [0.5, 0.6) is 0 Å². The number of fused-ring (bicyclic) bond motifs is 1. The highest BCUT2D eigenvalue weighted by Crippen LogP contribution is 2.32. The Hall–Kier alpha value is -2.69. The van der Waals surface area contributed by atoms with E-state index in [0.29, 0.717) is 24.1 Å². The molecule has 5 heteroatoms. The number of aliphatic carboxylic acids is 1. The largest absolute Gasteiger partial charge is 0.479 e. The number of amides is 1. The normalized spacial score (nSPS) is 17.7. The Balaban J connectivity index is 1.82. The summed E-state index contributed by atoms with van der Waals surface area (Å²) in [4.78, 5) is 26.0. The average Bonchev–Trinajstić information content (AvgIpc) is 2.60. The van der Waals surface area contributed by atoms with Crippen LogP contribution in [0.3, 0.4) is 0 Å². The van der Waals surface area contributed by atoms with E-state index in [9.17, 15) is 19.1 Å². The summed E-state index contributed by atoms with van der Waals surface area (Å²) in [5.41, 5.74) is 2.09. The lowest BCUT2D eigenvalue weighted by Crippen LogP contribution is -2.43. The maximum Gasteiger partial charge on any atom is 0.331 e. The minimum atomic E-state index is -1.04. The minimum absolute atomic E-state index is 0.0763. The molecule has 3 rings (SSSR count). The van der Waals surface area contributed by atoms with Gasteiger partial charge < -0.3 is 10.0 Å². The molecule has 0 fully saturated rings. The van der Waals surface area contributed by atoms with Crippen LogP contribution in [0.2, 0.25) is 0 Å². The second-order valence-corrected chi connectivity index (χ2v) is 6.40. The van der Waals surface area contributed by atoms with E-state index in [1.54, 1.807) is 37.3 Å². The average molecular weight is 341 g/mol. The summed E-state index contributed by atoms with van der Waals surface area (Å²) < 4.78 is 13.9. The van der Waals surface area contributed by atoms with Crippen molar-refractivity contribution in [2.24, 2.45) is 0 Å². The third-order valence-electron chi connectivity index (χ3n) is 4.75. The highest BCUT2D eigenvalue weighted by molar-refractivity contribution is 5.86. The van der Waals surface area contributed by atoms with Crippen LogP contribution in [0.1, 0.15) is 42.0 Å². The number of carboxylic acid groups (broad SMARTS) is 1. The number of nitrogens with zero attached hydrogens (tertiary/aromatic N) is 1. The summed E-state index contributed by atoms with van der Waals surface area (Å²) in [5, 5.41) is 9.65. The molecule has 0 spiro atoms. The maximum absolute atomic E-state index is 13.9. The lowest BCUT2D eigenvalue weighted by Gasteiger charge is -2.35. The summed E-state index contributed by atoms with van der Waals surface area (Å²) in [7, 11) is 0. The molecule has 2 aromatic rings. The number of benzene rings is 2. The molecule has 1 amide bonds. The van der Waals surface area contributed by atoms with Crippen molar-refractivity contribution < 1.29 is 19.1 Å². The van der Waals surface area contributed by atoms with Gasteiger partial charge >= 0.3 is 5.97 Å². The summed E-state index contributed by atoms with van der Waals surface area (Å²) in [6.07, 6.45) is 0.701. The zero-order valence-electron chi connectivity index (χ0n) is 14.0. The van der Waals surface area contributed by atoms with Crippen molar-refractivity contribution in [3.05, 3.63) is 71.0 Å². The molecule has 4 nitrogen and oxygen atoms in total. The van der Waals surface area contributed by atoms with Gasteiger partial charge in [-0.25, -0.2) is 9.18 Å². The van der Waals surface area contributed by atoms with Crippen LogP contribution in [0.25, 0.3) is 0 Å². The second kappa shape index (κ2) is 7.05. The monoisotopic (exact) mass is 341 g/mol. The van der Waals surface area contributed by atoms with Gasteiger partial charge in [-0.1, -0.05) is 49.4 Å². The van der Waals surface area contributed by atoms with Crippen molar-refractivity contribution >= 4 is 11.9 Å². The molecule has 0 radical (unpaired) electrons. The molecule has 0 aromatic heterocycles. The van der Waals surface area contributed by atoms with Crippen LogP contribution in [0.4, 0.5) is 4.39 Å². The SMILES string of the molecule is CC(CC(=O)N1CCc2ccccc2C1C(=O)O)c1ccccc1F. The Bertz CT molecular complexity index is 805. The van der Waals surface area contributed by atoms with Gasteiger partial charge in [0.1, 0.15) is 5.82 Å². The number of rotatable bonds is 4. The zero-order valence-corrected chi connectivity index (χ0v) is 14.0. The first-order chi connectivity index (χ1) is 12.0. The molecular weight excluding hydrogens is 321 g/mol. The van der Waals surface area contributed by atoms with Gasteiger partial charge in [0.05, 0.1) is 0 Å². The second-order valence-electron chi connectivity index (χ2n) is 6.40. The van der Waals surface area contributed by atoms with Crippen molar-refractivity contribution in [3.8, 4) is 0 Å². The van der Waals surface area contributed by atoms with E-state index >= 15 is 0 Å². The lowest BCUT2D eigenvalue weighted by atomic mass is 9.91. The van der Waals surface area contributed by atoms with Gasteiger partial charge in [-0.15, -0.1) is 0 Å². The third-order valence-corrected chi connectivity index (χ3v) is 4.75. The van der Waals surface area contributed by atoms with Gasteiger partial charge in [0, 0.05) is 13.0 Å². The Kier molecular flexibility index (Phi) is 4.83. The molecule has 130 valence electrons. The highest BCUT2D eigenvalue weighted by atomic mass is 19.1. The lowest BCUT2D eigenvalue weighted by molar-refractivity contribution is -0.151. The van der Waals surface area contributed by atoms with Crippen molar-refractivity contribution in [1.82, 2.24) is 4.90 Å². The van der Waals surface area contributed by atoms with E-state index in [1.165, 1.54) is 11.0 Å². The van der Waals surface area contributed by atoms with E-state index in [0.717, 1.165) is 5.56 Å². The van der Waals surface area contributed by atoms with Gasteiger partial charge in [0.25, 0.3) is 0 Å². The van der Waals surface area contributed by atoms with Gasteiger partial charge in [-0.3, -0.25) is 4.79 Å². The van der Waals surface area contributed by atoms with Gasteiger partial charge in [0.15, 0.2) is 6.04 Å². The van der Waals surface area contributed by atoms with Gasteiger partial charge in [0.2, 0.25) is 5.91 Å². The number of halogens is 1. The van der Waals surface area contributed by atoms with Crippen LogP contribution in [0.15, 0.2) is 48.5 Å². The Morgan fingerprint density at radius 1 is 1.20 bits per heavy atom. The summed E-state index contributed by atoms with van der Waals surface area (Å²) in [5.74, 6) is -1.97. The molecule has 1 aliphatic rings. The highest BCUT2D eigenvalue weighted by Gasteiger charge is 2.36. The summed E-state index contributed by atoms with van der Waals surface area (Å²) >= 11 is 0. The molecule has 2 atom stereocenters. The fraction of sp³-hybridized carbons (Fsp3) is 0.300. The predicted octanol–water partition coefficient (Wildman–Crippen LogP) is 3.53. The van der Waals surface area contributed by atoms with E-state index in [4.69, 9.17) is 0 Å². The molecule has 1 N–H and O–H groups in total. The standard InChI is InChI=1S/C20H20FNO3/c1-13(15-7-4-5-9-17(15)21)12-18(23)22-11-10-14-6-2-3-8-16(14)19(22)20(24)25/h2-9,13,19H,10-12H2,1H3,(H,24,25). The van der Waals surface area contributed by atoms with Crippen LogP contribution in [-0.2, 0) is 16.0 Å². The summed E-state index contributed by atoms with van der Waals surface area (Å²) in [6.45, 7) is 2.14. The minimum Gasteiger partial charge on any atom is -0.479 e. The Morgan fingerprint density at radius 3 is 2.60 bits per heavy atom. The fourth-order valence-electron chi connectivity index (χ4n) is 3.47. The van der Waals surface area contributed by atoms with E-state index < -0.39 is 12.0 Å². The number of carbonyl (C=O) groups is 2. The predicted molar refractivity (Wildman–Crippen MR) is 91.7 cm³/mol. The molecular formula is C20H20FNO3. The van der Waals surface area contributed by atoms with Gasteiger partial charge in [-0.2, -0.15) is 0 Å². The van der Waals surface area contributed by atoms with Gasteiger partial charge in [-0.05, 0) is 35.1 Å². The number of hydrogen-bond donors (Lipinski definition) is 1. The topological polar surface area (TPSA) is 57.6 Å². The number of carboxylic acids is 1. The number of carbonyl (C=O) groups excluding carboxylic acids is 1. The van der Waals surface area contributed by atoms with Crippen LogP contribution in [-0.4, -0.2) is 28.4 Å². The van der Waals surface area contributed by atoms with Crippen molar-refractivity contribution in [3.63, 3.8) is 0 Å². The Morgan fingerprint density at radius 2 is 1.88 bits per heavy atom. The fourth-order valence-corrected chi connectivity index (χ4v) is 3.47. The molecule has 25 heavy (non-hydrogen) atoms. The number of hydrogen-bond acceptors (Lipinski definition) is 2. The molecule has 1 aliphatic heterocycles. The molecule has 0 bridgehead atoms. The van der Waals surface area contributed by atoms with E-state index in [2.05, 4.69) is 0 Å². The first-order valence-electron chi connectivity index (χ1n) is 8.33. The quantitative estimate of drug-likeness (QED) is 0.925. The maximum atomic E-state index is 13.9. The van der Waals surface area contributed by atoms with E-state index in [1.807, 2.05) is 12.1 Å². The van der Waals surface area contributed by atoms with Crippen molar-refractivity contribution in [2.45, 2.75) is 31.7 Å². The summed E-state index contributed by atoms with van der Waals surface area (Å²) in [6, 6.07) is 12.7. The molecule has 0 aliphatic carbocycles. The molecule has 2 unspecified atom stereocenters. The third kappa shape index (κ3) is 3.40. The van der Waals surface area contributed by atoms with Crippen molar-refractivity contribution in [2.75, 3.05) is 6.54 Å². The smallest absolute Gasteiger partial charge is 0.331 e. The molecule has 1 heterocycles. The van der Waals surface area contributed by atoms with Crippen molar-refractivity contribution in [1.29, 1.82) is 0 Å². The first-order valence-corrected chi connectivity index (χ1v) is 8.33. The van der Waals surface area contributed by atoms with Crippen LogP contribution >= 0.6 is 0 Å². The van der Waals surface area contributed by atoms with Crippen LogP contribution in [0, 0.1) is 5.82 Å². The molecule has 0 saturated carbocycles. The van der Waals surface area contributed by atoms with E-state index in [-0.39, 0.29) is 24.1 Å². The molecule has 2 aromatic carbocycles. The first kappa shape index (κ1) is 17.1.